The first-order valence-corrected chi connectivity index (χ1v) is 32.0. The van der Waals surface area contributed by atoms with E-state index in [-0.39, 0.29) is 19.1 Å². The van der Waals surface area contributed by atoms with Crippen molar-refractivity contribution in [2.24, 2.45) is 0 Å². The number of hydrogen-bond donors (Lipinski definition) is 3. The van der Waals surface area contributed by atoms with Gasteiger partial charge in [-0.1, -0.05) is 268 Å². The van der Waals surface area contributed by atoms with Crippen LogP contribution < -0.4 is 5.32 Å². The number of aliphatic hydroxyl groups is 1. The average Bonchev–Trinajstić information content (AvgIpc) is 3.33. The molecular weight excluding hydrogens is 900 g/mol. The Labute approximate surface area is 441 Å². The van der Waals surface area contributed by atoms with Crippen LogP contribution in [0.15, 0.2) is 48.6 Å². The van der Waals surface area contributed by atoms with Gasteiger partial charge >= 0.3 is 7.82 Å². The number of amides is 1. The minimum atomic E-state index is -4.35. The minimum Gasteiger partial charge on any atom is -0.387 e. The number of nitrogens with zero attached hydrogens (tertiary/aromatic N) is 1. The number of likely N-dealkylation sites (N-methyl/N-ethyl adjacent to an activating group) is 1. The molecule has 0 aliphatic heterocycles. The van der Waals surface area contributed by atoms with Gasteiger partial charge in [0.1, 0.15) is 13.2 Å². The topological polar surface area (TPSA) is 105 Å². The molecule has 0 fully saturated rings. The van der Waals surface area contributed by atoms with E-state index in [0.29, 0.717) is 17.4 Å². The Kier molecular flexibility index (Phi) is 52.1. The number of quaternary nitrogens is 1. The fourth-order valence-electron chi connectivity index (χ4n) is 8.97. The number of unbranched alkanes of at least 4 members (excludes halogenated alkanes) is 37. The number of nitrogens with one attached hydrogen (secondary N) is 1. The monoisotopic (exact) mass is 1020 g/mol. The molecule has 0 bridgehead atoms. The lowest BCUT2D eigenvalue weighted by Gasteiger charge is -2.25. The number of phosphoric ester groups is 1. The summed E-state index contributed by atoms with van der Waals surface area (Å²) < 4.78 is 23.7. The van der Waals surface area contributed by atoms with Crippen molar-refractivity contribution in [1.82, 2.24) is 5.32 Å². The van der Waals surface area contributed by atoms with Crippen LogP contribution in [0, 0.1) is 0 Å². The van der Waals surface area contributed by atoms with Gasteiger partial charge < -0.3 is 19.8 Å². The fraction of sp³-hybridized carbons (Fsp3) is 0.855. The molecule has 0 saturated carbocycles. The molecule has 0 aromatic rings. The Bertz CT molecular complexity index is 1290. The highest BCUT2D eigenvalue weighted by molar-refractivity contribution is 7.47. The highest BCUT2D eigenvalue weighted by atomic mass is 31.2. The molecule has 0 radical (unpaired) electrons. The normalized spacial score (nSPS) is 14.2. The second kappa shape index (κ2) is 53.3. The summed E-state index contributed by atoms with van der Waals surface area (Å²) in [6.45, 7) is 4.81. The van der Waals surface area contributed by atoms with E-state index in [9.17, 15) is 19.4 Å². The maximum atomic E-state index is 13.0. The molecule has 1 amide bonds. The van der Waals surface area contributed by atoms with Crippen molar-refractivity contribution >= 4 is 13.7 Å². The molecule has 3 N–H and O–H groups in total. The van der Waals surface area contributed by atoms with Gasteiger partial charge in [-0.15, -0.1) is 0 Å². The van der Waals surface area contributed by atoms with E-state index in [1.807, 2.05) is 27.2 Å². The number of hydrogen-bond acceptors (Lipinski definition) is 5. The zero-order chi connectivity index (χ0) is 52.0. The molecule has 0 aliphatic rings. The summed E-state index contributed by atoms with van der Waals surface area (Å²) >= 11 is 0. The summed E-state index contributed by atoms with van der Waals surface area (Å²) in [4.78, 5) is 23.3. The molecule has 0 spiro atoms. The molecule has 0 aromatic carbocycles. The third-order valence-corrected chi connectivity index (χ3v) is 14.8. The Morgan fingerprint density at radius 1 is 0.479 bits per heavy atom. The van der Waals surface area contributed by atoms with E-state index in [0.717, 1.165) is 44.9 Å². The largest absolute Gasteiger partial charge is 0.472 e. The van der Waals surface area contributed by atoms with Crippen LogP contribution in [0.1, 0.15) is 290 Å². The van der Waals surface area contributed by atoms with Crippen molar-refractivity contribution in [1.29, 1.82) is 0 Å². The van der Waals surface area contributed by atoms with Crippen LogP contribution in [0.3, 0.4) is 0 Å². The molecule has 0 aromatic heterocycles. The van der Waals surface area contributed by atoms with Crippen molar-refractivity contribution in [3.05, 3.63) is 48.6 Å². The number of phosphoric acid groups is 1. The summed E-state index contributed by atoms with van der Waals surface area (Å²) in [5.41, 5.74) is 0. The molecule has 0 saturated heterocycles. The van der Waals surface area contributed by atoms with E-state index < -0.39 is 20.0 Å². The van der Waals surface area contributed by atoms with E-state index in [2.05, 4.69) is 55.6 Å². The molecule has 0 aliphatic carbocycles. The molecule has 3 unspecified atom stereocenters. The van der Waals surface area contributed by atoms with Gasteiger partial charge in [0.25, 0.3) is 0 Å². The predicted molar refractivity (Wildman–Crippen MR) is 309 cm³/mol. The van der Waals surface area contributed by atoms with Crippen molar-refractivity contribution in [2.75, 3.05) is 40.9 Å². The van der Waals surface area contributed by atoms with Gasteiger partial charge in [-0.3, -0.25) is 13.8 Å². The first-order valence-electron chi connectivity index (χ1n) is 30.5. The third kappa shape index (κ3) is 56.0. The average molecular weight is 1020 g/mol. The molecule has 0 rings (SSSR count). The van der Waals surface area contributed by atoms with Crippen LogP contribution in [-0.4, -0.2) is 73.4 Å². The highest BCUT2D eigenvalue weighted by Crippen LogP contribution is 2.43. The maximum Gasteiger partial charge on any atom is 0.472 e. The van der Waals surface area contributed by atoms with E-state index in [1.54, 1.807) is 6.08 Å². The molecule has 71 heavy (non-hydrogen) atoms. The van der Waals surface area contributed by atoms with Gasteiger partial charge in [0, 0.05) is 6.42 Å². The molecule has 0 heterocycles. The Hall–Kier alpha value is -1.54. The van der Waals surface area contributed by atoms with Crippen LogP contribution in [0.5, 0.6) is 0 Å². The predicted octanol–water partition coefficient (Wildman–Crippen LogP) is 18.7. The molecule has 418 valence electrons. The lowest BCUT2D eigenvalue weighted by atomic mass is 10.0. The Morgan fingerprint density at radius 2 is 0.817 bits per heavy atom. The summed E-state index contributed by atoms with van der Waals surface area (Å²) in [5.74, 6) is -0.183. The smallest absolute Gasteiger partial charge is 0.387 e. The second-order valence-corrected chi connectivity index (χ2v) is 23.5. The van der Waals surface area contributed by atoms with Crippen molar-refractivity contribution in [3.8, 4) is 0 Å². The summed E-state index contributed by atoms with van der Waals surface area (Å²) in [7, 11) is 1.56. The quantitative estimate of drug-likeness (QED) is 0.0243. The Morgan fingerprint density at radius 3 is 1.21 bits per heavy atom. The zero-order valence-corrected chi connectivity index (χ0v) is 48.6. The number of allylic oxidation sites excluding steroid dienone is 7. The van der Waals surface area contributed by atoms with Gasteiger partial charge in [0.15, 0.2) is 0 Å². The standard InChI is InChI=1S/C62H119N2O6P/c1-6-8-10-12-14-16-18-20-22-24-25-26-27-28-29-30-31-32-33-34-35-36-37-38-39-40-42-44-46-48-50-52-54-56-62(66)63-60(59-70-71(67,68)69-58-57-64(3,4)5)61(65)55-53-51-49-47-45-43-41-23-21-19-17-15-13-11-9-7-2/h18,20,24-25,45,47,53,55,60-61,65H,6-17,19,21-23,26-44,46,48-52,54,56-59H2,1-5H3,(H-,63,66,67,68)/p+1/b20-18-,25-24-,47-45+,55-53+. The van der Waals surface area contributed by atoms with Crippen LogP contribution in [-0.2, 0) is 18.4 Å². The number of carbonyl (C=O) groups excluding carboxylic acids is 1. The van der Waals surface area contributed by atoms with Gasteiger partial charge in [0.2, 0.25) is 5.91 Å². The first kappa shape index (κ1) is 69.5. The van der Waals surface area contributed by atoms with Crippen molar-refractivity contribution in [2.45, 2.75) is 302 Å². The van der Waals surface area contributed by atoms with Crippen LogP contribution in [0.4, 0.5) is 0 Å². The lowest BCUT2D eigenvalue weighted by molar-refractivity contribution is -0.870. The summed E-state index contributed by atoms with van der Waals surface area (Å²) in [6, 6.07) is -0.862. The SMILES string of the molecule is CCCCCCC/C=C\C/C=C\CCCCCCCCCCCCCCCCCCCCCCCC(=O)NC(COP(=O)(O)OCC[N+](C)(C)C)C(O)/C=C/CC/C=C/CCCCCCCCCCCC. The summed E-state index contributed by atoms with van der Waals surface area (Å²) in [6.07, 6.45) is 70.9. The van der Waals surface area contributed by atoms with Gasteiger partial charge in [-0.25, -0.2) is 4.57 Å². The molecule has 9 heteroatoms. The van der Waals surface area contributed by atoms with Crippen LogP contribution in [0.2, 0.25) is 0 Å². The number of aliphatic hydroxyl groups excluding tert-OH is 1. The van der Waals surface area contributed by atoms with E-state index in [1.165, 1.54) is 225 Å². The second-order valence-electron chi connectivity index (χ2n) is 22.1. The maximum absolute atomic E-state index is 13.0. The van der Waals surface area contributed by atoms with Crippen molar-refractivity contribution < 1.29 is 32.9 Å². The molecule has 8 nitrogen and oxygen atoms in total. The molecular formula is C62H120N2O6P+. The minimum absolute atomic E-state index is 0.0570. The van der Waals surface area contributed by atoms with Crippen LogP contribution >= 0.6 is 7.82 Å². The van der Waals surface area contributed by atoms with Crippen molar-refractivity contribution in [3.63, 3.8) is 0 Å². The van der Waals surface area contributed by atoms with Gasteiger partial charge in [-0.05, 0) is 64.2 Å². The number of carbonyl (C=O) groups is 1. The van der Waals surface area contributed by atoms with Crippen LogP contribution in [0.25, 0.3) is 0 Å². The highest BCUT2D eigenvalue weighted by Gasteiger charge is 2.27. The Balaban J connectivity index is 4.05. The fourth-order valence-corrected chi connectivity index (χ4v) is 9.71. The number of rotatable bonds is 56. The zero-order valence-electron chi connectivity index (χ0n) is 47.7. The van der Waals surface area contributed by atoms with E-state index >= 15 is 0 Å². The lowest BCUT2D eigenvalue weighted by Crippen LogP contribution is -2.45. The first-order chi connectivity index (χ1) is 34.5. The summed E-state index contributed by atoms with van der Waals surface area (Å²) in [5, 5.41) is 13.9. The molecule has 3 atom stereocenters. The third-order valence-electron chi connectivity index (χ3n) is 13.8. The van der Waals surface area contributed by atoms with Gasteiger partial charge in [0.05, 0.1) is 39.9 Å². The van der Waals surface area contributed by atoms with E-state index in [4.69, 9.17) is 9.05 Å². The van der Waals surface area contributed by atoms with Gasteiger partial charge in [-0.2, -0.15) is 0 Å².